The van der Waals surface area contributed by atoms with E-state index >= 15 is 0 Å². The summed E-state index contributed by atoms with van der Waals surface area (Å²) >= 11 is 10.5. The molecule has 3 aromatic rings. The van der Waals surface area contributed by atoms with Crippen LogP contribution in [0.3, 0.4) is 0 Å². The quantitative estimate of drug-likeness (QED) is 0.469. The molecular weight excluding hydrogens is 439 g/mol. The Morgan fingerprint density at radius 3 is 2.93 bits per heavy atom. The molecular formula is C18H18ClFN4OS3. The Morgan fingerprint density at radius 1 is 1.32 bits per heavy atom. The number of thioether (sulfide) groups is 1. The van der Waals surface area contributed by atoms with Crippen molar-refractivity contribution < 1.29 is 9.18 Å². The number of benzene rings is 1. The average Bonchev–Trinajstić information content (AvgIpc) is 3.35. The molecule has 2 heterocycles. The molecule has 148 valence electrons. The summed E-state index contributed by atoms with van der Waals surface area (Å²) in [7, 11) is 1.63. The second kappa shape index (κ2) is 10.2. The number of halogens is 2. The van der Waals surface area contributed by atoms with Gasteiger partial charge >= 0.3 is 0 Å². The van der Waals surface area contributed by atoms with Gasteiger partial charge in [0.05, 0.1) is 5.75 Å². The molecule has 0 bridgehead atoms. The van der Waals surface area contributed by atoms with Crippen LogP contribution < -0.4 is 5.32 Å². The van der Waals surface area contributed by atoms with Gasteiger partial charge in [-0.05, 0) is 30.0 Å². The third-order valence-electron chi connectivity index (χ3n) is 3.84. The Kier molecular flexibility index (Phi) is 7.66. The van der Waals surface area contributed by atoms with E-state index in [2.05, 4.69) is 27.0 Å². The number of hydrogen-bond donors (Lipinski definition) is 1. The maximum Gasteiger partial charge on any atom is 0.233 e. The summed E-state index contributed by atoms with van der Waals surface area (Å²) in [6.45, 7) is 0.904. The van der Waals surface area contributed by atoms with E-state index in [9.17, 15) is 9.18 Å². The highest BCUT2D eigenvalue weighted by atomic mass is 35.5. The second-order valence-electron chi connectivity index (χ2n) is 5.87. The van der Waals surface area contributed by atoms with Gasteiger partial charge in [-0.2, -0.15) is 0 Å². The van der Waals surface area contributed by atoms with Crippen molar-refractivity contribution in [2.24, 2.45) is 0 Å². The number of hydrogen-bond acceptors (Lipinski definition) is 7. The summed E-state index contributed by atoms with van der Waals surface area (Å²) in [5, 5.41) is 14.5. The highest BCUT2D eigenvalue weighted by molar-refractivity contribution is 8.01. The smallest absolute Gasteiger partial charge is 0.233 e. The van der Waals surface area contributed by atoms with Gasteiger partial charge in [-0.25, -0.2) is 4.39 Å². The van der Waals surface area contributed by atoms with E-state index < -0.39 is 5.82 Å². The lowest BCUT2D eigenvalue weighted by molar-refractivity contribution is -0.127. The zero-order valence-electron chi connectivity index (χ0n) is 15.0. The van der Waals surface area contributed by atoms with Crippen LogP contribution >= 0.6 is 46.0 Å². The summed E-state index contributed by atoms with van der Waals surface area (Å²) in [6.07, 6.45) is 0.932. The van der Waals surface area contributed by atoms with Crippen LogP contribution in [0.5, 0.6) is 0 Å². The molecule has 0 spiro atoms. The van der Waals surface area contributed by atoms with Crippen LogP contribution in [0.15, 0.2) is 40.1 Å². The van der Waals surface area contributed by atoms with Gasteiger partial charge in [-0.3, -0.25) is 4.79 Å². The fourth-order valence-electron chi connectivity index (χ4n) is 2.33. The van der Waals surface area contributed by atoms with Gasteiger partial charge in [0.25, 0.3) is 0 Å². The first-order valence-electron chi connectivity index (χ1n) is 8.42. The Hall–Kier alpha value is -1.68. The molecule has 0 aliphatic rings. The SMILES string of the molecule is CN(Cc1c(F)cccc1Cl)C(=O)CSc1nnc(NCCc2cccs2)s1. The van der Waals surface area contributed by atoms with Crippen molar-refractivity contribution in [1.29, 1.82) is 0 Å². The van der Waals surface area contributed by atoms with Crippen LogP contribution in [0.1, 0.15) is 10.4 Å². The lowest BCUT2D eigenvalue weighted by atomic mass is 10.2. The fraction of sp³-hybridized carbons (Fsp3) is 0.278. The number of aromatic nitrogens is 2. The summed E-state index contributed by atoms with van der Waals surface area (Å²) in [6, 6.07) is 8.63. The van der Waals surface area contributed by atoms with Crippen LogP contribution in [-0.4, -0.2) is 40.3 Å². The van der Waals surface area contributed by atoms with Crippen molar-refractivity contribution in [2.75, 3.05) is 24.7 Å². The molecule has 0 unspecified atom stereocenters. The van der Waals surface area contributed by atoms with Crippen LogP contribution in [0.2, 0.25) is 5.02 Å². The van der Waals surface area contributed by atoms with E-state index in [1.807, 2.05) is 6.07 Å². The first-order chi connectivity index (χ1) is 13.5. The molecule has 10 heteroatoms. The molecule has 1 N–H and O–H groups in total. The number of rotatable bonds is 9. The van der Waals surface area contributed by atoms with Gasteiger partial charge in [-0.15, -0.1) is 21.5 Å². The molecule has 0 aliphatic heterocycles. The molecule has 5 nitrogen and oxygen atoms in total. The zero-order valence-corrected chi connectivity index (χ0v) is 18.2. The van der Waals surface area contributed by atoms with Gasteiger partial charge in [-0.1, -0.05) is 46.8 Å². The van der Waals surface area contributed by atoms with Crippen molar-refractivity contribution in [3.05, 3.63) is 57.0 Å². The first kappa shape index (κ1) is 21.0. The molecule has 0 fully saturated rings. The van der Waals surface area contributed by atoms with Gasteiger partial charge in [0, 0.05) is 35.6 Å². The van der Waals surface area contributed by atoms with Crippen molar-refractivity contribution >= 4 is 57.1 Å². The summed E-state index contributed by atoms with van der Waals surface area (Å²) in [4.78, 5) is 15.1. The molecule has 2 aromatic heterocycles. The Bertz CT molecular complexity index is 899. The third-order valence-corrected chi connectivity index (χ3v) is 7.13. The molecule has 0 saturated carbocycles. The monoisotopic (exact) mass is 456 g/mol. The summed E-state index contributed by atoms with van der Waals surface area (Å²) in [5.74, 6) is -0.347. The number of carbonyl (C=O) groups excluding carboxylic acids is 1. The van der Waals surface area contributed by atoms with Crippen LogP contribution in [0, 0.1) is 5.82 Å². The number of nitrogens with zero attached hydrogens (tertiary/aromatic N) is 3. The number of anilines is 1. The summed E-state index contributed by atoms with van der Waals surface area (Å²) < 4.78 is 14.6. The van der Waals surface area contributed by atoms with E-state index in [1.165, 1.54) is 38.9 Å². The maximum absolute atomic E-state index is 13.9. The van der Waals surface area contributed by atoms with Gasteiger partial charge in [0.15, 0.2) is 4.34 Å². The number of amides is 1. The molecule has 0 radical (unpaired) electrons. The Balaban J connectivity index is 1.44. The van der Waals surface area contributed by atoms with Crippen molar-refractivity contribution in [1.82, 2.24) is 15.1 Å². The molecule has 1 amide bonds. The van der Waals surface area contributed by atoms with E-state index in [1.54, 1.807) is 30.5 Å². The van der Waals surface area contributed by atoms with E-state index in [0.717, 1.165) is 18.1 Å². The van der Waals surface area contributed by atoms with Crippen molar-refractivity contribution in [3.63, 3.8) is 0 Å². The molecule has 3 rings (SSSR count). The highest BCUT2D eigenvalue weighted by Crippen LogP contribution is 2.26. The maximum atomic E-state index is 13.9. The van der Waals surface area contributed by atoms with Crippen molar-refractivity contribution in [3.8, 4) is 0 Å². The largest absolute Gasteiger partial charge is 0.360 e. The van der Waals surface area contributed by atoms with Crippen LogP contribution in [0.4, 0.5) is 9.52 Å². The minimum Gasteiger partial charge on any atom is -0.360 e. The van der Waals surface area contributed by atoms with Gasteiger partial charge < -0.3 is 10.2 Å². The number of nitrogens with one attached hydrogen (secondary N) is 1. The molecule has 1 aromatic carbocycles. The standard InChI is InChI=1S/C18H18ClFN4OS3/c1-24(10-13-14(19)5-2-6-15(13)20)16(25)11-27-18-23-22-17(28-18)21-8-7-12-4-3-9-26-12/h2-6,9H,7-8,10-11H2,1H3,(H,21,22). The highest BCUT2D eigenvalue weighted by Gasteiger charge is 2.15. The third kappa shape index (κ3) is 5.91. The molecule has 0 saturated heterocycles. The van der Waals surface area contributed by atoms with Gasteiger partial charge in [0.2, 0.25) is 11.0 Å². The van der Waals surface area contributed by atoms with E-state index in [0.29, 0.717) is 14.9 Å². The minimum atomic E-state index is -0.415. The van der Waals surface area contributed by atoms with E-state index in [4.69, 9.17) is 11.6 Å². The first-order valence-corrected chi connectivity index (χ1v) is 11.5. The lowest BCUT2D eigenvalue weighted by Crippen LogP contribution is -2.28. The van der Waals surface area contributed by atoms with Crippen molar-refractivity contribution in [2.45, 2.75) is 17.3 Å². The second-order valence-corrected chi connectivity index (χ2v) is 9.51. The van der Waals surface area contributed by atoms with Crippen LogP contribution in [0.25, 0.3) is 0 Å². The minimum absolute atomic E-state index is 0.122. The zero-order chi connectivity index (χ0) is 19.9. The average molecular weight is 457 g/mol. The predicted molar refractivity (Wildman–Crippen MR) is 115 cm³/mol. The lowest BCUT2D eigenvalue weighted by Gasteiger charge is -2.18. The molecule has 0 atom stereocenters. The fourth-order valence-corrected chi connectivity index (χ4v) is 4.98. The predicted octanol–water partition coefficient (Wildman–Crippen LogP) is 4.80. The number of thiophene rings is 1. The van der Waals surface area contributed by atoms with E-state index in [-0.39, 0.29) is 18.2 Å². The normalized spacial score (nSPS) is 10.8. The summed E-state index contributed by atoms with van der Waals surface area (Å²) in [5.41, 5.74) is 0.318. The number of carbonyl (C=O) groups is 1. The Morgan fingerprint density at radius 2 is 2.18 bits per heavy atom. The molecule has 28 heavy (non-hydrogen) atoms. The molecule has 0 aliphatic carbocycles. The van der Waals surface area contributed by atoms with Gasteiger partial charge in [0.1, 0.15) is 5.82 Å². The van der Waals surface area contributed by atoms with Crippen LogP contribution in [-0.2, 0) is 17.8 Å². The Labute approximate surface area is 179 Å². The topological polar surface area (TPSA) is 58.1 Å².